The predicted octanol–water partition coefficient (Wildman–Crippen LogP) is 2.97. The van der Waals surface area contributed by atoms with Gasteiger partial charge in [-0.15, -0.1) is 0 Å². The molecule has 3 heterocycles. The summed E-state index contributed by atoms with van der Waals surface area (Å²) in [5.41, 5.74) is 6.38. The van der Waals surface area contributed by atoms with E-state index in [0.29, 0.717) is 6.54 Å². The molecular weight excluding hydrogens is 336 g/mol. The van der Waals surface area contributed by atoms with E-state index in [-0.39, 0.29) is 0 Å². The van der Waals surface area contributed by atoms with Gasteiger partial charge in [-0.25, -0.2) is 4.98 Å². The van der Waals surface area contributed by atoms with Crippen LogP contribution in [0.5, 0.6) is 0 Å². The van der Waals surface area contributed by atoms with E-state index >= 15 is 0 Å². The quantitative estimate of drug-likeness (QED) is 0.672. The van der Waals surface area contributed by atoms with Crippen molar-refractivity contribution < 1.29 is 0 Å². The normalized spacial score (nSPS) is 15.3. The van der Waals surface area contributed by atoms with Crippen LogP contribution in [0.3, 0.4) is 0 Å². The van der Waals surface area contributed by atoms with Gasteiger partial charge in [0, 0.05) is 43.5 Å². The molecule has 1 fully saturated rings. The summed E-state index contributed by atoms with van der Waals surface area (Å²) in [6.45, 7) is 10.2. The topological polar surface area (TPSA) is 60.5 Å². The van der Waals surface area contributed by atoms with Gasteiger partial charge in [-0.1, -0.05) is 29.8 Å². The fourth-order valence-electron chi connectivity index (χ4n) is 3.74. The van der Waals surface area contributed by atoms with Crippen LogP contribution in [0.4, 0.5) is 5.82 Å². The molecule has 138 valence electrons. The molecular formula is C21H24N6. The minimum absolute atomic E-state index is 0.497. The van der Waals surface area contributed by atoms with Crippen molar-refractivity contribution >= 4 is 11.5 Å². The standard InChI is InChI=1S/C21H24N6/c1-15-4-6-18(7-5-15)20-17(3)24-27-19(14-16(2)23-21(20)27)26-12-10-25(9-8-22)11-13-26/h4-7,14H,9-13H2,1-3H3. The maximum atomic E-state index is 8.91. The molecule has 2 aromatic heterocycles. The molecule has 0 radical (unpaired) electrons. The van der Waals surface area contributed by atoms with E-state index in [4.69, 9.17) is 15.3 Å². The Hall–Kier alpha value is -2.91. The summed E-state index contributed by atoms with van der Waals surface area (Å²) >= 11 is 0. The molecule has 6 nitrogen and oxygen atoms in total. The number of nitrogens with zero attached hydrogens (tertiary/aromatic N) is 6. The van der Waals surface area contributed by atoms with Crippen LogP contribution < -0.4 is 4.90 Å². The first-order chi connectivity index (χ1) is 13.1. The summed E-state index contributed by atoms with van der Waals surface area (Å²) in [7, 11) is 0. The maximum absolute atomic E-state index is 8.91. The van der Waals surface area contributed by atoms with Crippen LogP contribution in [-0.4, -0.2) is 52.2 Å². The highest BCUT2D eigenvalue weighted by Crippen LogP contribution is 2.30. The van der Waals surface area contributed by atoms with Gasteiger partial charge in [0.25, 0.3) is 0 Å². The van der Waals surface area contributed by atoms with Crippen molar-refractivity contribution in [2.24, 2.45) is 0 Å². The van der Waals surface area contributed by atoms with Gasteiger partial charge in [0.05, 0.1) is 18.3 Å². The van der Waals surface area contributed by atoms with Crippen molar-refractivity contribution in [3.63, 3.8) is 0 Å². The van der Waals surface area contributed by atoms with Gasteiger partial charge in [-0.05, 0) is 26.3 Å². The molecule has 0 atom stereocenters. The third-order valence-electron chi connectivity index (χ3n) is 5.20. The van der Waals surface area contributed by atoms with Gasteiger partial charge in [0.2, 0.25) is 0 Å². The highest BCUT2D eigenvalue weighted by Gasteiger charge is 2.22. The van der Waals surface area contributed by atoms with Gasteiger partial charge in [0.15, 0.2) is 5.65 Å². The van der Waals surface area contributed by atoms with Gasteiger partial charge in [-0.3, -0.25) is 4.90 Å². The lowest BCUT2D eigenvalue weighted by Gasteiger charge is -2.34. The second kappa shape index (κ2) is 7.01. The van der Waals surface area contributed by atoms with Gasteiger partial charge in [0.1, 0.15) is 5.82 Å². The highest BCUT2D eigenvalue weighted by atomic mass is 15.4. The number of aryl methyl sites for hydroxylation is 3. The molecule has 27 heavy (non-hydrogen) atoms. The van der Waals surface area contributed by atoms with Crippen molar-refractivity contribution in [3.8, 4) is 17.2 Å². The lowest BCUT2D eigenvalue weighted by molar-refractivity contribution is 0.286. The van der Waals surface area contributed by atoms with Gasteiger partial charge < -0.3 is 4.90 Å². The molecule has 0 bridgehead atoms. The zero-order valence-corrected chi connectivity index (χ0v) is 16.1. The van der Waals surface area contributed by atoms with Crippen molar-refractivity contribution in [3.05, 3.63) is 47.3 Å². The zero-order chi connectivity index (χ0) is 19.0. The lowest BCUT2D eigenvalue weighted by Crippen LogP contribution is -2.47. The second-order valence-electron chi connectivity index (χ2n) is 7.24. The van der Waals surface area contributed by atoms with Crippen molar-refractivity contribution in [1.82, 2.24) is 19.5 Å². The minimum atomic E-state index is 0.497. The SMILES string of the molecule is Cc1ccc(-c2c(C)nn3c(N4CCN(CC#N)CC4)cc(C)nc23)cc1. The molecule has 1 aliphatic rings. The molecule has 1 aromatic carbocycles. The Morgan fingerprint density at radius 3 is 2.41 bits per heavy atom. The number of anilines is 1. The van der Waals surface area contributed by atoms with Crippen LogP contribution in [-0.2, 0) is 0 Å². The van der Waals surface area contributed by atoms with E-state index in [2.05, 4.69) is 53.1 Å². The molecule has 0 amide bonds. The highest BCUT2D eigenvalue weighted by molar-refractivity contribution is 5.81. The number of nitriles is 1. The summed E-state index contributed by atoms with van der Waals surface area (Å²) in [5, 5.41) is 13.7. The molecule has 0 unspecified atom stereocenters. The minimum Gasteiger partial charge on any atom is -0.354 e. The Balaban J connectivity index is 1.76. The Morgan fingerprint density at radius 2 is 1.74 bits per heavy atom. The van der Waals surface area contributed by atoms with E-state index < -0.39 is 0 Å². The molecule has 1 saturated heterocycles. The summed E-state index contributed by atoms with van der Waals surface area (Å²) in [5.74, 6) is 1.08. The predicted molar refractivity (Wildman–Crippen MR) is 107 cm³/mol. The first-order valence-corrected chi connectivity index (χ1v) is 9.35. The van der Waals surface area contributed by atoms with E-state index in [1.807, 2.05) is 18.4 Å². The van der Waals surface area contributed by atoms with Crippen molar-refractivity contribution in [2.75, 3.05) is 37.6 Å². The Kier molecular flexibility index (Phi) is 4.54. The molecule has 4 rings (SSSR count). The van der Waals surface area contributed by atoms with Crippen LogP contribution >= 0.6 is 0 Å². The van der Waals surface area contributed by atoms with E-state index in [1.54, 1.807) is 0 Å². The Labute approximate surface area is 159 Å². The smallest absolute Gasteiger partial charge is 0.165 e. The average Bonchev–Trinajstić information content (AvgIpc) is 2.98. The van der Waals surface area contributed by atoms with Crippen LogP contribution in [0.25, 0.3) is 16.8 Å². The largest absolute Gasteiger partial charge is 0.354 e. The molecule has 3 aromatic rings. The Morgan fingerprint density at radius 1 is 1.04 bits per heavy atom. The first-order valence-electron chi connectivity index (χ1n) is 9.35. The van der Waals surface area contributed by atoms with E-state index in [0.717, 1.165) is 60.2 Å². The fraction of sp³-hybridized carbons (Fsp3) is 0.381. The molecule has 0 spiro atoms. The van der Waals surface area contributed by atoms with E-state index in [1.165, 1.54) is 5.56 Å². The van der Waals surface area contributed by atoms with Crippen LogP contribution in [0.2, 0.25) is 0 Å². The number of rotatable bonds is 3. The summed E-state index contributed by atoms with van der Waals surface area (Å²) in [6.07, 6.45) is 0. The Bertz CT molecular complexity index is 1000. The van der Waals surface area contributed by atoms with Gasteiger partial charge in [-0.2, -0.15) is 14.9 Å². The van der Waals surface area contributed by atoms with Crippen molar-refractivity contribution in [1.29, 1.82) is 5.26 Å². The molecule has 6 heteroatoms. The molecule has 0 aliphatic carbocycles. The van der Waals surface area contributed by atoms with Crippen LogP contribution in [0.15, 0.2) is 30.3 Å². The zero-order valence-electron chi connectivity index (χ0n) is 16.1. The summed E-state index contributed by atoms with van der Waals surface area (Å²) in [6, 6.07) is 12.9. The number of aromatic nitrogens is 3. The summed E-state index contributed by atoms with van der Waals surface area (Å²) in [4.78, 5) is 9.35. The number of hydrogen-bond acceptors (Lipinski definition) is 5. The number of benzene rings is 1. The number of fused-ring (bicyclic) bond motifs is 1. The number of hydrogen-bond donors (Lipinski definition) is 0. The average molecular weight is 360 g/mol. The third kappa shape index (κ3) is 3.26. The fourth-order valence-corrected chi connectivity index (χ4v) is 3.74. The number of piperazine rings is 1. The van der Waals surface area contributed by atoms with E-state index in [9.17, 15) is 0 Å². The van der Waals surface area contributed by atoms with Crippen LogP contribution in [0.1, 0.15) is 17.0 Å². The first kappa shape index (κ1) is 17.5. The summed E-state index contributed by atoms with van der Waals surface area (Å²) < 4.78 is 1.98. The molecule has 0 N–H and O–H groups in total. The van der Waals surface area contributed by atoms with Crippen molar-refractivity contribution in [2.45, 2.75) is 20.8 Å². The van der Waals surface area contributed by atoms with Gasteiger partial charge >= 0.3 is 0 Å². The lowest BCUT2D eigenvalue weighted by atomic mass is 10.0. The van der Waals surface area contributed by atoms with Crippen LogP contribution in [0, 0.1) is 32.1 Å². The maximum Gasteiger partial charge on any atom is 0.165 e. The molecule has 1 aliphatic heterocycles. The third-order valence-corrected chi connectivity index (χ3v) is 5.20. The molecule has 0 saturated carbocycles. The second-order valence-corrected chi connectivity index (χ2v) is 7.24. The monoisotopic (exact) mass is 360 g/mol.